The van der Waals surface area contributed by atoms with Gasteiger partial charge in [-0.25, -0.2) is 4.39 Å². The van der Waals surface area contributed by atoms with Gasteiger partial charge in [-0.15, -0.1) is 0 Å². The standard InChI is InChI=1S/C13H14FNO/c1-3-10(2)4-9-13(16)15-12-7-5-11(14)6-8-12/h4-9H,2-3H2,1H3,(H,15,16). The summed E-state index contributed by atoms with van der Waals surface area (Å²) >= 11 is 0. The zero-order valence-corrected chi connectivity index (χ0v) is 9.16. The number of carbonyl (C=O) groups is 1. The lowest BCUT2D eigenvalue weighted by atomic mass is 10.2. The SMILES string of the molecule is C=C(C=CC(=O)Nc1ccc(F)cc1)CC. The van der Waals surface area contributed by atoms with Crippen LogP contribution in [-0.2, 0) is 4.79 Å². The summed E-state index contributed by atoms with van der Waals surface area (Å²) in [5, 5.41) is 2.62. The molecular formula is C13H14FNO. The first-order chi connectivity index (χ1) is 7.61. The molecule has 0 fully saturated rings. The fourth-order valence-electron chi connectivity index (χ4n) is 1.03. The van der Waals surface area contributed by atoms with E-state index in [0.717, 1.165) is 12.0 Å². The molecule has 0 radical (unpaired) electrons. The van der Waals surface area contributed by atoms with Crippen molar-refractivity contribution in [1.82, 2.24) is 0 Å². The van der Waals surface area contributed by atoms with Crippen LogP contribution in [0.25, 0.3) is 0 Å². The van der Waals surface area contributed by atoms with Crippen molar-refractivity contribution in [3.8, 4) is 0 Å². The number of rotatable bonds is 4. The van der Waals surface area contributed by atoms with Crippen LogP contribution in [0, 0.1) is 5.82 Å². The molecule has 0 unspecified atom stereocenters. The van der Waals surface area contributed by atoms with Gasteiger partial charge in [-0.3, -0.25) is 4.79 Å². The summed E-state index contributed by atoms with van der Waals surface area (Å²) in [6.45, 7) is 5.71. The lowest BCUT2D eigenvalue weighted by molar-refractivity contribution is -0.111. The van der Waals surface area contributed by atoms with Crippen LogP contribution >= 0.6 is 0 Å². The Morgan fingerprint density at radius 2 is 2.00 bits per heavy atom. The quantitative estimate of drug-likeness (QED) is 0.611. The second-order valence-electron chi connectivity index (χ2n) is 3.34. The lowest BCUT2D eigenvalue weighted by Gasteiger charge is -2.01. The van der Waals surface area contributed by atoms with Gasteiger partial charge in [-0.05, 0) is 30.7 Å². The van der Waals surface area contributed by atoms with E-state index >= 15 is 0 Å². The molecule has 1 rings (SSSR count). The minimum atomic E-state index is -0.326. The van der Waals surface area contributed by atoms with Gasteiger partial charge >= 0.3 is 0 Å². The van der Waals surface area contributed by atoms with E-state index in [1.165, 1.54) is 30.3 Å². The van der Waals surface area contributed by atoms with Crippen LogP contribution in [0.4, 0.5) is 10.1 Å². The minimum Gasteiger partial charge on any atom is -0.323 e. The predicted octanol–water partition coefficient (Wildman–Crippen LogP) is 3.29. The third-order valence-electron chi connectivity index (χ3n) is 2.04. The van der Waals surface area contributed by atoms with Crippen molar-refractivity contribution in [2.75, 3.05) is 5.32 Å². The highest BCUT2D eigenvalue weighted by Gasteiger charge is 1.97. The largest absolute Gasteiger partial charge is 0.323 e. The normalized spacial score (nSPS) is 10.4. The monoisotopic (exact) mass is 219 g/mol. The second kappa shape index (κ2) is 5.85. The van der Waals surface area contributed by atoms with E-state index in [-0.39, 0.29) is 11.7 Å². The van der Waals surface area contributed by atoms with E-state index in [1.807, 2.05) is 6.92 Å². The Kier molecular flexibility index (Phi) is 4.45. The van der Waals surface area contributed by atoms with E-state index in [4.69, 9.17) is 0 Å². The number of allylic oxidation sites excluding steroid dienone is 2. The maximum absolute atomic E-state index is 12.6. The van der Waals surface area contributed by atoms with Gasteiger partial charge in [0, 0.05) is 11.8 Å². The number of nitrogens with one attached hydrogen (secondary N) is 1. The van der Waals surface area contributed by atoms with Crippen molar-refractivity contribution in [2.24, 2.45) is 0 Å². The van der Waals surface area contributed by atoms with Crippen LogP contribution in [0.3, 0.4) is 0 Å². The number of hydrogen-bond acceptors (Lipinski definition) is 1. The molecule has 0 heterocycles. The molecule has 1 amide bonds. The molecular weight excluding hydrogens is 205 g/mol. The Morgan fingerprint density at radius 1 is 1.38 bits per heavy atom. The molecule has 1 aromatic rings. The molecule has 0 bridgehead atoms. The van der Waals surface area contributed by atoms with Crippen LogP contribution in [0.5, 0.6) is 0 Å². The average Bonchev–Trinajstić information content (AvgIpc) is 2.29. The van der Waals surface area contributed by atoms with Gasteiger partial charge < -0.3 is 5.32 Å². The Morgan fingerprint density at radius 3 is 2.56 bits per heavy atom. The molecule has 16 heavy (non-hydrogen) atoms. The van der Waals surface area contributed by atoms with Gasteiger partial charge in [-0.2, -0.15) is 0 Å². The number of halogens is 1. The first kappa shape index (κ1) is 12.2. The minimum absolute atomic E-state index is 0.249. The number of amides is 1. The zero-order valence-electron chi connectivity index (χ0n) is 9.16. The summed E-state index contributed by atoms with van der Waals surface area (Å²) in [5.74, 6) is -0.575. The fourth-order valence-corrected chi connectivity index (χ4v) is 1.03. The Hall–Kier alpha value is -1.90. The molecule has 0 spiro atoms. The highest BCUT2D eigenvalue weighted by atomic mass is 19.1. The predicted molar refractivity (Wildman–Crippen MR) is 63.6 cm³/mol. The number of hydrogen-bond donors (Lipinski definition) is 1. The second-order valence-corrected chi connectivity index (χ2v) is 3.34. The topological polar surface area (TPSA) is 29.1 Å². The Bertz CT molecular complexity index is 406. The Labute approximate surface area is 94.5 Å². The summed E-state index contributed by atoms with van der Waals surface area (Å²) in [6.07, 6.45) is 3.88. The van der Waals surface area contributed by atoms with E-state index in [9.17, 15) is 9.18 Å². The highest BCUT2D eigenvalue weighted by Crippen LogP contribution is 2.08. The van der Waals surface area contributed by atoms with Crippen molar-refractivity contribution in [1.29, 1.82) is 0 Å². The van der Waals surface area contributed by atoms with Gasteiger partial charge in [0.25, 0.3) is 0 Å². The molecule has 0 aliphatic carbocycles. The number of anilines is 1. The van der Waals surface area contributed by atoms with Gasteiger partial charge in [0.2, 0.25) is 5.91 Å². The molecule has 0 saturated heterocycles. The van der Waals surface area contributed by atoms with Crippen LogP contribution in [0.2, 0.25) is 0 Å². The maximum atomic E-state index is 12.6. The van der Waals surface area contributed by atoms with E-state index in [0.29, 0.717) is 5.69 Å². The van der Waals surface area contributed by atoms with Gasteiger partial charge in [0.05, 0.1) is 0 Å². The average molecular weight is 219 g/mol. The summed E-state index contributed by atoms with van der Waals surface area (Å²) in [6, 6.07) is 5.61. The van der Waals surface area contributed by atoms with E-state index in [2.05, 4.69) is 11.9 Å². The van der Waals surface area contributed by atoms with Crippen molar-refractivity contribution in [2.45, 2.75) is 13.3 Å². The van der Waals surface area contributed by atoms with Crippen LogP contribution in [0.15, 0.2) is 48.6 Å². The van der Waals surface area contributed by atoms with Crippen molar-refractivity contribution in [3.05, 3.63) is 54.4 Å². The van der Waals surface area contributed by atoms with Gasteiger partial charge in [0.15, 0.2) is 0 Å². The zero-order chi connectivity index (χ0) is 12.0. The molecule has 3 heteroatoms. The van der Waals surface area contributed by atoms with E-state index in [1.54, 1.807) is 6.08 Å². The summed E-state index contributed by atoms with van der Waals surface area (Å²) in [7, 11) is 0. The third-order valence-corrected chi connectivity index (χ3v) is 2.04. The van der Waals surface area contributed by atoms with Crippen LogP contribution in [-0.4, -0.2) is 5.91 Å². The van der Waals surface area contributed by atoms with Gasteiger partial charge in [0.1, 0.15) is 5.82 Å². The molecule has 2 nitrogen and oxygen atoms in total. The maximum Gasteiger partial charge on any atom is 0.248 e. The molecule has 0 aliphatic heterocycles. The smallest absolute Gasteiger partial charge is 0.248 e. The number of benzene rings is 1. The van der Waals surface area contributed by atoms with Crippen LogP contribution in [0.1, 0.15) is 13.3 Å². The molecule has 0 aliphatic rings. The molecule has 1 N–H and O–H groups in total. The Balaban J connectivity index is 2.55. The van der Waals surface area contributed by atoms with Crippen molar-refractivity contribution in [3.63, 3.8) is 0 Å². The van der Waals surface area contributed by atoms with Crippen molar-refractivity contribution < 1.29 is 9.18 Å². The number of carbonyl (C=O) groups excluding carboxylic acids is 1. The molecule has 84 valence electrons. The third kappa shape index (κ3) is 4.09. The summed E-state index contributed by atoms with van der Waals surface area (Å²) in [4.78, 5) is 11.4. The molecule has 0 saturated carbocycles. The molecule has 1 aromatic carbocycles. The van der Waals surface area contributed by atoms with Gasteiger partial charge in [-0.1, -0.05) is 25.2 Å². The first-order valence-electron chi connectivity index (χ1n) is 5.04. The lowest BCUT2D eigenvalue weighted by Crippen LogP contribution is -2.07. The summed E-state index contributed by atoms with van der Waals surface area (Å²) in [5.41, 5.74) is 1.45. The molecule has 0 atom stereocenters. The first-order valence-corrected chi connectivity index (χ1v) is 5.04. The highest BCUT2D eigenvalue weighted by molar-refractivity contribution is 5.99. The van der Waals surface area contributed by atoms with E-state index < -0.39 is 0 Å². The van der Waals surface area contributed by atoms with Crippen molar-refractivity contribution >= 4 is 11.6 Å². The fraction of sp³-hybridized carbons (Fsp3) is 0.154. The molecule has 0 aromatic heterocycles. The summed E-state index contributed by atoms with van der Waals surface area (Å²) < 4.78 is 12.6. The van der Waals surface area contributed by atoms with Crippen LogP contribution < -0.4 is 5.32 Å².